The molecule has 100 valence electrons. The molecule has 0 spiro atoms. The summed E-state index contributed by atoms with van der Waals surface area (Å²) in [4.78, 5) is 8.10. The summed E-state index contributed by atoms with van der Waals surface area (Å²) in [6, 6.07) is 3.28. The van der Waals surface area contributed by atoms with Crippen molar-refractivity contribution in [3.05, 3.63) is 42.2 Å². The lowest BCUT2D eigenvalue weighted by Gasteiger charge is -2.07. The van der Waals surface area contributed by atoms with Crippen LogP contribution in [0.1, 0.15) is 13.3 Å². The van der Waals surface area contributed by atoms with Crippen molar-refractivity contribution in [2.75, 3.05) is 11.9 Å². The topological polar surface area (TPSA) is 47.0 Å². The van der Waals surface area contributed by atoms with Crippen molar-refractivity contribution in [1.82, 2.24) is 9.97 Å². The van der Waals surface area contributed by atoms with Crippen molar-refractivity contribution in [3.8, 4) is 11.6 Å². The molecule has 2 rings (SSSR count). The van der Waals surface area contributed by atoms with Crippen LogP contribution in [0.4, 0.5) is 14.6 Å². The van der Waals surface area contributed by atoms with Gasteiger partial charge in [0.15, 0.2) is 11.6 Å². The first-order valence-corrected chi connectivity index (χ1v) is 5.88. The van der Waals surface area contributed by atoms with Crippen molar-refractivity contribution >= 4 is 5.82 Å². The lowest BCUT2D eigenvalue weighted by Crippen LogP contribution is -2.03. The second-order valence-electron chi connectivity index (χ2n) is 3.85. The highest BCUT2D eigenvalue weighted by atomic mass is 19.2. The Morgan fingerprint density at radius 2 is 2.05 bits per heavy atom. The van der Waals surface area contributed by atoms with E-state index in [4.69, 9.17) is 4.74 Å². The Kier molecular flexibility index (Phi) is 4.22. The van der Waals surface area contributed by atoms with Gasteiger partial charge in [0.25, 0.3) is 0 Å². The number of rotatable bonds is 5. The summed E-state index contributed by atoms with van der Waals surface area (Å²) in [5.74, 6) is -0.933. The molecule has 4 nitrogen and oxygen atoms in total. The zero-order chi connectivity index (χ0) is 13.7. The predicted molar refractivity (Wildman–Crippen MR) is 67.2 cm³/mol. The minimum absolute atomic E-state index is 0.167. The number of anilines is 1. The van der Waals surface area contributed by atoms with E-state index in [0.717, 1.165) is 25.1 Å². The molecule has 1 aromatic heterocycles. The van der Waals surface area contributed by atoms with E-state index in [1.165, 1.54) is 12.3 Å². The van der Waals surface area contributed by atoms with Crippen molar-refractivity contribution in [2.24, 2.45) is 0 Å². The molecule has 19 heavy (non-hydrogen) atoms. The monoisotopic (exact) mass is 265 g/mol. The highest BCUT2D eigenvalue weighted by molar-refractivity contribution is 5.35. The molecule has 1 N–H and O–H groups in total. The third-order valence-corrected chi connectivity index (χ3v) is 2.28. The van der Waals surface area contributed by atoms with Crippen LogP contribution in [0.5, 0.6) is 11.6 Å². The normalized spacial score (nSPS) is 10.3. The fourth-order valence-electron chi connectivity index (χ4n) is 1.40. The van der Waals surface area contributed by atoms with E-state index in [0.29, 0.717) is 5.82 Å². The number of benzene rings is 1. The summed E-state index contributed by atoms with van der Waals surface area (Å²) >= 11 is 0. The molecule has 0 amide bonds. The first-order valence-electron chi connectivity index (χ1n) is 5.88. The van der Waals surface area contributed by atoms with Gasteiger partial charge in [-0.3, -0.25) is 4.98 Å². The Balaban J connectivity index is 2.11. The van der Waals surface area contributed by atoms with Crippen LogP contribution in [0.25, 0.3) is 0 Å². The maximum absolute atomic E-state index is 13.0. The number of hydrogen-bond acceptors (Lipinski definition) is 4. The molecule has 1 heterocycles. The number of nitrogens with zero attached hydrogens (tertiary/aromatic N) is 2. The van der Waals surface area contributed by atoms with Gasteiger partial charge in [-0.25, -0.2) is 8.78 Å². The molecule has 0 radical (unpaired) electrons. The molecular weight excluding hydrogens is 252 g/mol. The van der Waals surface area contributed by atoms with E-state index in [1.54, 1.807) is 6.20 Å². The third kappa shape index (κ3) is 3.61. The van der Waals surface area contributed by atoms with Gasteiger partial charge < -0.3 is 10.1 Å². The summed E-state index contributed by atoms with van der Waals surface area (Å²) < 4.78 is 31.1. The summed E-state index contributed by atoms with van der Waals surface area (Å²) in [7, 11) is 0. The zero-order valence-corrected chi connectivity index (χ0v) is 10.4. The largest absolute Gasteiger partial charge is 0.437 e. The Morgan fingerprint density at radius 1 is 1.21 bits per heavy atom. The van der Waals surface area contributed by atoms with Crippen LogP contribution in [0.3, 0.4) is 0 Å². The number of halogens is 2. The SMILES string of the molecule is CCCNc1cncc(Oc2ccc(F)c(F)c2)n1. The third-order valence-electron chi connectivity index (χ3n) is 2.28. The molecule has 0 fully saturated rings. The first-order chi connectivity index (χ1) is 9.19. The summed E-state index contributed by atoms with van der Waals surface area (Å²) in [6.07, 6.45) is 3.92. The van der Waals surface area contributed by atoms with Gasteiger partial charge in [-0.1, -0.05) is 6.92 Å². The van der Waals surface area contributed by atoms with E-state index < -0.39 is 11.6 Å². The highest BCUT2D eigenvalue weighted by Crippen LogP contribution is 2.21. The number of aromatic nitrogens is 2. The van der Waals surface area contributed by atoms with Crippen molar-refractivity contribution in [2.45, 2.75) is 13.3 Å². The van der Waals surface area contributed by atoms with Crippen molar-refractivity contribution < 1.29 is 13.5 Å². The van der Waals surface area contributed by atoms with Crippen LogP contribution >= 0.6 is 0 Å². The molecule has 0 saturated carbocycles. The molecule has 0 aliphatic rings. The summed E-state index contributed by atoms with van der Waals surface area (Å²) in [5.41, 5.74) is 0. The quantitative estimate of drug-likeness (QED) is 0.900. The molecule has 0 bridgehead atoms. The Morgan fingerprint density at radius 3 is 2.79 bits per heavy atom. The number of ether oxygens (including phenoxy) is 1. The Bertz CT molecular complexity index is 563. The molecule has 0 aliphatic carbocycles. The van der Waals surface area contributed by atoms with Gasteiger partial charge in [-0.15, -0.1) is 0 Å². The average molecular weight is 265 g/mol. The second kappa shape index (κ2) is 6.08. The number of nitrogens with one attached hydrogen (secondary N) is 1. The fourth-order valence-corrected chi connectivity index (χ4v) is 1.40. The van der Waals surface area contributed by atoms with Gasteiger partial charge in [0.05, 0.1) is 12.4 Å². The van der Waals surface area contributed by atoms with E-state index in [1.807, 2.05) is 6.92 Å². The summed E-state index contributed by atoms with van der Waals surface area (Å²) in [5, 5.41) is 3.05. The van der Waals surface area contributed by atoms with Gasteiger partial charge in [-0.2, -0.15) is 4.98 Å². The lowest BCUT2D eigenvalue weighted by atomic mass is 10.3. The van der Waals surface area contributed by atoms with Crippen LogP contribution in [0.2, 0.25) is 0 Å². The van der Waals surface area contributed by atoms with Crippen molar-refractivity contribution in [1.29, 1.82) is 0 Å². The molecular formula is C13H13F2N3O. The molecule has 0 unspecified atom stereocenters. The maximum Gasteiger partial charge on any atom is 0.239 e. The van der Waals surface area contributed by atoms with E-state index in [9.17, 15) is 8.78 Å². The molecule has 1 aromatic carbocycles. The predicted octanol–water partition coefficient (Wildman–Crippen LogP) is 3.37. The van der Waals surface area contributed by atoms with Crippen LogP contribution in [0.15, 0.2) is 30.6 Å². The van der Waals surface area contributed by atoms with Crippen LogP contribution in [-0.2, 0) is 0 Å². The number of hydrogen-bond donors (Lipinski definition) is 1. The highest BCUT2D eigenvalue weighted by Gasteiger charge is 2.06. The molecule has 2 aromatic rings. The molecule has 0 atom stereocenters. The Hall–Kier alpha value is -2.24. The second-order valence-corrected chi connectivity index (χ2v) is 3.85. The minimum atomic E-state index is -0.967. The zero-order valence-electron chi connectivity index (χ0n) is 10.4. The van der Waals surface area contributed by atoms with Gasteiger partial charge in [0.2, 0.25) is 5.88 Å². The van der Waals surface area contributed by atoms with Gasteiger partial charge in [0, 0.05) is 12.6 Å². The van der Waals surface area contributed by atoms with Crippen LogP contribution in [-0.4, -0.2) is 16.5 Å². The van der Waals surface area contributed by atoms with Crippen LogP contribution in [0, 0.1) is 11.6 Å². The standard InChI is InChI=1S/C13H13F2N3O/c1-2-5-17-12-7-16-8-13(18-12)19-9-3-4-10(14)11(15)6-9/h3-4,6-8H,2,5H2,1H3,(H,17,18). The lowest BCUT2D eigenvalue weighted by molar-refractivity contribution is 0.446. The van der Waals surface area contributed by atoms with E-state index in [2.05, 4.69) is 15.3 Å². The Labute approximate surface area is 109 Å². The molecule has 0 aliphatic heterocycles. The van der Waals surface area contributed by atoms with Crippen molar-refractivity contribution in [3.63, 3.8) is 0 Å². The maximum atomic E-state index is 13.0. The van der Waals surface area contributed by atoms with E-state index >= 15 is 0 Å². The molecule has 0 saturated heterocycles. The smallest absolute Gasteiger partial charge is 0.239 e. The van der Waals surface area contributed by atoms with E-state index in [-0.39, 0.29) is 11.6 Å². The van der Waals surface area contributed by atoms with Crippen LogP contribution < -0.4 is 10.1 Å². The van der Waals surface area contributed by atoms with Gasteiger partial charge in [-0.05, 0) is 18.6 Å². The summed E-state index contributed by atoms with van der Waals surface area (Å²) in [6.45, 7) is 2.80. The minimum Gasteiger partial charge on any atom is -0.437 e. The average Bonchev–Trinajstić information content (AvgIpc) is 2.41. The van der Waals surface area contributed by atoms with Gasteiger partial charge in [0.1, 0.15) is 11.6 Å². The molecule has 6 heteroatoms. The fraction of sp³-hybridized carbons (Fsp3) is 0.231. The first kappa shape index (κ1) is 13.2. The van der Waals surface area contributed by atoms with Gasteiger partial charge >= 0.3 is 0 Å².